The first kappa shape index (κ1) is 16.2. The number of morpholine rings is 1. The van der Waals surface area contributed by atoms with Gasteiger partial charge in [0.05, 0.1) is 25.7 Å². The lowest BCUT2D eigenvalue weighted by atomic mass is 9.71. The third-order valence-corrected chi connectivity index (χ3v) is 5.72. The second-order valence-corrected chi connectivity index (χ2v) is 6.89. The van der Waals surface area contributed by atoms with Crippen LogP contribution in [-0.2, 0) is 14.3 Å². The number of hydrogen-bond acceptors (Lipinski definition) is 5. The first-order valence-electron chi connectivity index (χ1n) is 8.46. The summed E-state index contributed by atoms with van der Waals surface area (Å²) < 4.78 is 11.2. The first-order valence-corrected chi connectivity index (χ1v) is 8.46. The number of aliphatic carboxylic acids is 1. The molecule has 0 spiro atoms. The van der Waals surface area contributed by atoms with E-state index >= 15 is 0 Å². The van der Waals surface area contributed by atoms with Crippen LogP contribution in [0, 0.1) is 0 Å². The maximum absolute atomic E-state index is 11.3. The van der Waals surface area contributed by atoms with Gasteiger partial charge in [0, 0.05) is 44.9 Å². The lowest BCUT2D eigenvalue weighted by molar-refractivity contribution is -0.151. The van der Waals surface area contributed by atoms with Crippen LogP contribution in [0.1, 0.15) is 32.1 Å². The van der Waals surface area contributed by atoms with Crippen molar-refractivity contribution in [2.45, 2.75) is 49.8 Å². The molecule has 2 saturated heterocycles. The monoisotopic (exact) mass is 312 g/mol. The smallest absolute Gasteiger partial charge is 0.305 e. The highest BCUT2D eigenvalue weighted by atomic mass is 16.5. The summed E-state index contributed by atoms with van der Waals surface area (Å²) >= 11 is 0. The normalized spacial score (nSPS) is 32.2. The number of nitrogens with zero attached hydrogens (tertiary/aromatic N) is 2. The zero-order valence-electron chi connectivity index (χ0n) is 13.5. The SMILES string of the molecule is COCCN1CCO[C@H]2CCN(C3(CC(=O)O)CCC3)C[C@@H]21. The highest BCUT2D eigenvalue weighted by molar-refractivity contribution is 5.68. The van der Waals surface area contributed by atoms with Crippen LogP contribution in [0.2, 0.25) is 0 Å². The fourth-order valence-corrected chi connectivity index (χ4v) is 4.33. The van der Waals surface area contributed by atoms with E-state index in [-0.39, 0.29) is 12.0 Å². The molecule has 1 aliphatic carbocycles. The van der Waals surface area contributed by atoms with E-state index in [1.807, 2.05) is 0 Å². The van der Waals surface area contributed by atoms with E-state index in [1.54, 1.807) is 7.11 Å². The molecule has 0 amide bonds. The van der Waals surface area contributed by atoms with Crippen molar-refractivity contribution in [2.75, 3.05) is 46.5 Å². The van der Waals surface area contributed by atoms with Gasteiger partial charge in [-0.3, -0.25) is 14.6 Å². The van der Waals surface area contributed by atoms with Crippen LogP contribution in [0.3, 0.4) is 0 Å². The van der Waals surface area contributed by atoms with Crippen LogP contribution >= 0.6 is 0 Å². The Morgan fingerprint density at radius 3 is 2.86 bits per heavy atom. The zero-order valence-corrected chi connectivity index (χ0v) is 13.5. The average molecular weight is 312 g/mol. The molecular weight excluding hydrogens is 284 g/mol. The number of likely N-dealkylation sites (tertiary alicyclic amines) is 1. The van der Waals surface area contributed by atoms with E-state index in [2.05, 4.69) is 9.80 Å². The summed E-state index contributed by atoms with van der Waals surface area (Å²) in [4.78, 5) is 16.2. The van der Waals surface area contributed by atoms with Crippen LogP contribution in [-0.4, -0.2) is 85.1 Å². The second-order valence-electron chi connectivity index (χ2n) is 6.89. The Labute approximate surface area is 132 Å². The summed E-state index contributed by atoms with van der Waals surface area (Å²) in [6, 6.07) is 0.379. The molecule has 3 rings (SSSR count). The van der Waals surface area contributed by atoms with Gasteiger partial charge >= 0.3 is 5.97 Å². The van der Waals surface area contributed by atoms with Crippen molar-refractivity contribution in [1.82, 2.24) is 9.80 Å². The molecule has 6 nitrogen and oxygen atoms in total. The molecule has 0 aromatic heterocycles. The van der Waals surface area contributed by atoms with Crippen LogP contribution in [0.25, 0.3) is 0 Å². The minimum atomic E-state index is -0.669. The molecule has 0 unspecified atom stereocenters. The Kier molecular flexibility index (Phi) is 5.02. The topological polar surface area (TPSA) is 62.2 Å². The van der Waals surface area contributed by atoms with Gasteiger partial charge in [0.25, 0.3) is 0 Å². The van der Waals surface area contributed by atoms with E-state index in [9.17, 15) is 9.90 Å². The molecule has 0 bridgehead atoms. The molecule has 2 heterocycles. The van der Waals surface area contributed by atoms with E-state index in [4.69, 9.17) is 9.47 Å². The average Bonchev–Trinajstić information content (AvgIpc) is 2.48. The quantitative estimate of drug-likeness (QED) is 0.783. The molecule has 0 radical (unpaired) electrons. The summed E-state index contributed by atoms with van der Waals surface area (Å²) in [5, 5.41) is 9.27. The Hall–Kier alpha value is -0.690. The number of piperidine rings is 1. The van der Waals surface area contributed by atoms with Gasteiger partial charge < -0.3 is 14.6 Å². The molecule has 6 heteroatoms. The highest BCUT2D eigenvalue weighted by Gasteiger charge is 2.48. The minimum absolute atomic E-state index is 0.0961. The number of carbonyl (C=O) groups is 1. The van der Waals surface area contributed by atoms with Gasteiger partial charge in [0.15, 0.2) is 0 Å². The van der Waals surface area contributed by atoms with Gasteiger partial charge in [0.2, 0.25) is 0 Å². The fourth-order valence-electron chi connectivity index (χ4n) is 4.33. The zero-order chi connectivity index (χ0) is 15.6. The lowest BCUT2D eigenvalue weighted by Gasteiger charge is -2.56. The highest BCUT2D eigenvalue weighted by Crippen LogP contribution is 2.42. The van der Waals surface area contributed by atoms with Crippen LogP contribution in [0.15, 0.2) is 0 Å². The van der Waals surface area contributed by atoms with Crippen molar-refractivity contribution in [3.8, 4) is 0 Å². The van der Waals surface area contributed by atoms with Gasteiger partial charge in [-0.15, -0.1) is 0 Å². The minimum Gasteiger partial charge on any atom is -0.481 e. The number of carboxylic acid groups (broad SMARTS) is 1. The predicted molar refractivity (Wildman–Crippen MR) is 82.0 cm³/mol. The number of ether oxygens (including phenoxy) is 2. The molecule has 3 fully saturated rings. The molecule has 0 aromatic rings. The van der Waals surface area contributed by atoms with Crippen molar-refractivity contribution >= 4 is 5.97 Å². The third-order valence-electron chi connectivity index (χ3n) is 5.72. The van der Waals surface area contributed by atoms with E-state index in [0.29, 0.717) is 12.1 Å². The molecule has 1 N–H and O–H groups in total. The largest absolute Gasteiger partial charge is 0.481 e. The lowest BCUT2D eigenvalue weighted by Crippen LogP contribution is -2.66. The van der Waals surface area contributed by atoms with E-state index < -0.39 is 5.97 Å². The van der Waals surface area contributed by atoms with Crippen molar-refractivity contribution in [1.29, 1.82) is 0 Å². The first-order chi connectivity index (χ1) is 10.6. The Morgan fingerprint density at radius 1 is 1.41 bits per heavy atom. The van der Waals surface area contributed by atoms with Crippen molar-refractivity contribution in [3.05, 3.63) is 0 Å². The second kappa shape index (κ2) is 6.83. The van der Waals surface area contributed by atoms with Crippen molar-refractivity contribution < 1.29 is 19.4 Å². The Balaban J connectivity index is 1.67. The number of fused-ring (bicyclic) bond motifs is 1. The Morgan fingerprint density at radius 2 is 2.23 bits per heavy atom. The number of carboxylic acids is 1. The summed E-state index contributed by atoms with van der Waals surface area (Å²) in [6.07, 6.45) is 4.79. The van der Waals surface area contributed by atoms with E-state index in [0.717, 1.165) is 65.1 Å². The molecule has 1 saturated carbocycles. The van der Waals surface area contributed by atoms with Crippen LogP contribution < -0.4 is 0 Å². The van der Waals surface area contributed by atoms with Gasteiger partial charge in [-0.2, -0.15) is 0 Å². The predicted octanol–water partition coefficient (Wildman–Crippen LogP) is 0.805. The summed E-state index contributed by atoms with van der Waals surface area (Å²) in [6.45, 7) is 5.31. The molecule has 22 heavy (non-hydrogen) atoms. The molecular formula is C16H28N2O4. The van der Waals surface area contributed by atoms with Crippen LogP contribution in [0.5, 0.6) is 0 Å². The van der Waals surface area contributed by atoms with E-state index in [1.165, 1.54) is 0 Å². The summed E-state index contributed by atoms with van der Waals surface area (Å²) in [5.74, 6) is -0.669. The van der Waals surface area contributed by atoms with Gasteiger partial charge in [0.1, 0.15) is 0 Å². The maximum atomic E-state index is 11.3. The van der Waals surface area contributed by atoms with Crippen molar-refractivity contribution in [2.24, 2.45) is 0 Å². The fraction of sp³-hybridized carbons (Fsp3) is 0.938. The maximum Gasteiger partial charge on any atom is 0.305 e. The molecule has 126 valence electrons. The Bertz CT molecular complexity index is 400. The standard InChI is InChI=1S/C16H28N2O4/c1-21-9-7-17-8-10-22-14-3-6-18(12-13(14)17)16(4-2-5-16)11-15(19)20/h13-14H,2-12H2,1H3,(H,19,20)/t13-,14-/m0/s1. The summed E-state index contributed by atoms with van der Waals surface area (Å²) in [7, 11) is 1.74. The number of rotatable bonds is 6. The number of methoxy groups -OCH3 is 1. The van der Waals surface area contributed by atoms with Gasteiger partial charge in [-0.25, -0.2) is 0 Å². The third kappa shape index (κ3) is 3.15. The molecule has 0 aromatic carbocycles. The molecule has 3 aliphatic rings. The van der Waals surface area contributed by atoms with Gasteiger partial charge in [-0.1, -0.05) is 0 Å². The number of hydrogen-bond donors (Lipinski definition) is 1. The molecule has 2 atom stereocenters. The molecule has 2 aliphatic heterocycles. The van der Waals surface area contributed by atoms with Crippen LogP contribution in [0.4, 0.5) is 0 Å². The van der Waals surface area contributed by atoms with Gasteiger partial charge in [-0.05, 0) is 25.7 Å². The summed E-state index contributed by atoms with van der Waals surface area (Å²) in [5.41, 5.74) is -0.0961. The van der Waals surface area contributed by atoms with Crippen molar-refractivity contribution in [3.63, 3.8) is 0 Å².